The molecule has 1 atom stereocenters. The van der Waals surface area contributed by atoms with Crippen LogP contribution in [-0.2, 0) is 16.0 Å². The molecule has 20 heavy (non-hydrogen) atoms. The Labute approximate surface area is 115 Å². The van der Waals surface area contributed by atoms with E-state index in [0.717, 1.165) is 12.8 Å². The van der Waals surface area contributed by atoms with E-state index in [9.17, 15) is 9.59 Å². The third kappa shape index (κ3) is 3.70. The van der Waals surface area contributed by atoms with Crippen molar-refractivity contribution in [1.82, 2.24) is 20.6 Å². The van der Waals surface area contributed by atoms with Gasteiger partial charge in [0.25, 0.3) is 0 Å². The minimum absolute atomic E-state index is 0.0431. The highest BCUT2D eigenvalue weighted by Gasteiger charge is 2.31. The van der Waals surface area contributed by atoms with E-state index in [2.05, 4.69) is 20.6 Å². The molecule has 2 rings (SSSR count). The Hall–Kier alpha value is -2.09. The summed E-state index contributed by atoms with van der Waals surface area (Å²) >= 11 is 0. The molecule has 0 unspecified atom stereocenters. The lowest BCUT2D eigenvalue weighted by molar-refractivity contribution is -0.139. The summed E-state index contributed by atoms with van der Waals surface area (Å²) in [7, 11) is 1.63. The number of aromatic nitrogens is 2. The molecule has 8 heteroatoms. The highest BCUT2D eigenvalue weighted by atomic mass is 16.5. The molecule has 1 aromatic rings. The second-order valence-electron chi connectivity index (χ2n) is 4.82. The number of hydrogen-bond acceptors (Lipinski definition) is 4. The first-order valence-corrected chi connectivity index (χ1v) is 6.38. The first-order chi connectivity index (χ1) is 9.58. The van der Waals surface area contributed by atoms with Gasteiger partial charge >= 0.3 is 12.0 Å². The number of methoxy groups -OCH3 is 1. The van der Waals surface area contributed by atoms with Gasteiger partial charge in [-0.1, -0.05) is 0 Å². The fourth-order valence-corrected chi connectivity index (χ4v) is 2.08. The molecule has 1 aromatic heterocycles. The zero-order valence-corrected chi connectivity index (χ0v) is 11.1. The number of carbonyl (C=O) groups excluding carboxylic acids is 1. The SMILES string of the molecule is COC1CC(NC(=O)N[C@H](Cc2cnc[nH]2)C(=O)O)C1. The molecule has 1 heterocycles. The van der Waals surface area contributed by atoms with Crippen molar-refractivity contribution in [3.05, 3.63) is 18.2 Å². The maximum absolute atomic E-state index is 11.7. The van der Waals surface area contributed by atoms with Crippen LogP contribution in [0.5, 0.6) is 0 Å². The lowest BCUT2D eigenvalue weighted by Crippen LogP contribution is -2.54. The number of amides is 2. The van der Waals surface area contributed by atoms with Gasteiger partial charge < -0.3 is 25.5 Å². The Morgan fingerprint density at radius 3 is 2.90 bits per heavy atom. The highest BCUT2D eigenvalue weighted by molar-refractivity contribution is 5.82. The van der Waals surface area contributed by atoms with Crippen LogP contribution in [0.1, 0.15) is 18.5 Å². The number of nitrogens with one attached hydrogen (secondary N) is 3. The summed E-state index contributed by atoms with van der Waals surface area (Å²) in [6, 6.07) is -1.42. The predicted octanol–water partition coefficient (Wildman–Crippen LogP) is -0.118. The Kier molecular flexibility index (Phi) is 4.57. The maximum Gasteiger partial charge on any atom is 0.326 e. The van der Waals surface area contributed by atoms with Gasteiger partial charge in [-0.2, -0.15) is 0 Å². The summed E-state index contributed by atoms with van der Waals surface area (Å²) in [5.74, 6) is -1.09. The lowest BCUT2D eigenvalue weighted by Gasteiger charge is -2.34. The van der Waals surface area contributed by atoms with Crippen molar-refractivity contribution in [2.24, 2.45) is 0 Å². The van der Waals surface area contributed by atoms with E-state index in [1.165, 1.54) is 12.5 Å². The maximum atomic E-state index is 11.7. The first-order valence-electron chi connectivity index (χ1n) is 6.38. The van der Waals surface area contributed by atoms with Crippen LogP contribution in [0.25, 0.3) is 0 Å². The molecule has 1 aliphatic carbocycles. The molecule has 0 saturated heterocycles. The van der Waals surface area contributed by atoms with Crippen LogP contribution in [0, 0.1) is 0 Å². The van der Waals surface area contributed by atoms with Gasteiger partial charge in [-0.25, -0.2) is 14.6 Å². The van der Waals surface area contributed by atoms with Gasteiger partial charge in [0.1, 0.15) is 6.04 Å². The minimum atomic E-state index is -1.09. The highest BCUT2D eigenvalue weighted by Crippen LogP contribution is 2.22. The summed E-state index contributed by atoms with van der Waals surface area (Å²) in [4.78, 5) is 29.5. The zero-order valence-electron chi connectivity index (χ0n) is 11.1. The van der Waals surface area contributed by atoms with Gasteiger partial charge in [0, 0.05) is 31.5 Å². The van der Waals surface area contributed by atoms with E-state index in [1.807, 2.05) is 0 Å². The Balaban J connectivity index is 1.79. The molecule has 1 saturated carbocycles. The van der Waals surface area contributed by atoms with Crippen LogP contribution < -0.4 is 10.6 Å². The molecular formula is C12H18N4O4. The average Bonchev–Trinajstić information content (AvgIpc) is 2.85. The fraction of sp³-hybridized carbons (Fsp3) is 0.583. The zero-order chi connectivity index (χ0) is 14.5. The number of hydrogen-bond donors (Lipinski definition) is 4. The number of aromatic amines is 1. The third-order valence-electron chi connectivity index (χ3n) is 3.35. The third-order valence-corrected chi connectivity index (χ3v) is 3.35. The van der Waals surface area contributed by atoms with Crippen LogP contribution in [0.3, 0.4) is 0 Å². The van der Waals surface area contributed by atoms with Gasteiger partial charge in [-0.05, 0) is 12.8 Å². The number of aliphatic carboxylic acids is 1. The van der Waals surface area contributed by atoms with Crippen molar-refractivity contribution >= 4 is 12.0 Å². The molecule has 8 nitrogen and oxygen atoms in total. The summed E-state index contributed by atoms with van der Waals surface area (Å²) in [6.45, 7) is 0. The molecule has 110 valence electrons. The molecule has 1 fully saturated rings. The molecule has 4 N–H and O–H groups in total. The molecule has 2 amide bonds. The van der Waals surface area contributed by atoms with Gasteiger partial charge in [-0.15, -0.1) is 0 Å². The molecule has 0 bridgehead atoms. The van der Waals surface area contributed by atoms with Crippen LogP contribution in [-0.4, -0.2) is 52.4 Å². The van der Waals surface area contributed by atoms with Crippen LogP contribution in [0.2, 0.25) is 0 Å². The quantitative estimate of drug-likeness (QED) is 0.580. The van der Waals surface area contributed by atoms with Gasteiger partial charge in [-0.3, -0.25) is 0 Å². The Morgan fingerprint density at radius 2 is 2.35 bits per heavy atom. The molecule has 1 aliphatic rings. The van der Waals surface area contributed by atoms with E-state index >= 15 is 0 Å². The van der Waals surface area contributed by atoms with E-state index in [4.69, 9.17) is 9.84 Å². The van der Waals surface area contributed by atoms with Crippen molar-refractivity contribution in [3.63, 3.8) is 0 Å². The monoisotopic (exact) mass is 282 g/mol. The number of H-pyrrole nitrogens is 1. The van der Waals surface area contributed by atoms with E-state index in [-0.39, 0.29) is 18.6 Å². The van der Waals surface area contributed by atoms with E-state index < -0.39 is 18.0 Å². The second kappa shape index (κ2) is 6.38. The summed E-state index contributed by atoms with van der Waals surface area (Å²) in [5.41, 5.74) is 0.654. The number of ether oxygens (including phenoxy) is 1. The number of imidazole rings is 1. The van der Waals surface area contributed by atoms with Gasteiger partial charge in [0.05, 0.1) is 12.4 Å². The van der Waals surface area contributed by atoms with Crippen molar-refractivity contribution in [3.8, 4) is 0 Å². The second-order valence-corrected chi connectivity index (χ2v) is 4.82. The predicted molar refractivity (Wildman–Crippen MR) is 69.2 cm³/mol. The van der Waals surface area contributed by atoms with Crippen molar-refractivity contribution < 1.29 is 19.4 Å². The molecule has 0 spiro atoms. The summed E-state index contributed by atoms with van der Waals surface area (Å²) in [5, 5.41) is 14.3. The number of nitrogens with zero attached hydrogens (tertiary/aromatic N) is 1. The first kappa shape index (κ1) is 14.3. The average molecular weight is 282 g/mol. The number of rotatable bonds is 6. The topological polar surface area (TPSA) is 116 Å². The van der Waals surface area contributed by atoms with Crippen molar-refractivity contribution in [2.75, 3.05) is 7.11 Å². The lowest BCUT2D eigenvalue weighted by atomic mass is 9.89. The van der Waals surface area contributed by atoms with E-state index in [1.54, 1.807) is 7.11 Å². The van der Waals surface area contributed by atoms with E-state index in [0.29, 0.717) is 5.69 Å². The normalized spacial score (nSPS) is 22.6. The van der Waals surface area contributed by atoms with Gasteiger partial charge in [0.2, 0.25) is 0 Å². The molecular weight excluding hydrogens is 264 g/mol. The Bertz CT molecular complexity index is 456. The molecule has 0 radical (unpaired) electrons. The minimum Gasteiger partial charge on any atom is -0.480 e. The smallest absolute Gasteiger partial charge is 0.326 e. The van der Waals surface area contributed by atoms with Crippen LogP contribution in [0.15, 0.2) is 12.5 Å². The Morgan fingerprint density at radius 1 is 1.60 bits per heavy atom. The largest absolute Gasteiger partial charge is 0.480 e. The number of urea groups is 1. The number of carboxylic acid groups (broad SMARTS) is 1. The van der Waals surface area contributed by atoms with Crippen molar-refractivity contribution in [1.29, 1.82) is 0 Å². The van der Waals surface area contributed by atoms with Crippen LogP contribution in [0.4, 0.5) is 4.79 Å². The fourth-order valence-electron chi connectivity index (χ4n) is 2.08. The number of carboxylic acids is 1. The summed E-state index contributed by atoms with van der Waals surface area (Å²) in [6.07, 6.45) is 4.84. The van der Waals surface area contributed by atoms with Crippen molar-refractivity contribution in [2.45, 2.75) is 37.5 Å². The summed E-state index contributed by atoms with van der Waals surface area (Å²) < 4.78 is 5.11. The molecule has 0 aliphatic heterocycles. The molecule has 0 aromatic carbocycles. The number of carbonyl (C=O) groups is 2. The van der Waals surface area contributed by atoms with Gasteiger partial charge in [0.15, 0.2) is 0 Å². The van der Waals surface area contributed by atoms with Crippen LogP contribution >= 0.6 is 0 Å². The standard InChI is InChI=1S/C12H18N4O4/c1-20-9-2-7(3-9)15-12(19)16-10(11(17)18)4-8-5-13-6-14-8/h5-7,9-10H,2-4H2,1H3,(H,13,14)(H,17,18)(H2,15,16,19)/t7?,9?,10-/m1/s1.